The Morgan fingerprint density at radius 2 is 2.08 bits per heavy atom. The molecule has 0 amide bonds. The molecular formula is C10H20NO+. The highest BCUT2D eigenvalue weighted by atomic mass is 16.1. The van der Waals surface area contributed by atoms with Crippen LogP contribution in [0.2, 0.25) is 0 Å². The van der Waals surface area contributed by atoms with Gasteiger partial charge in [0.15, 0.2) is 0 Å². The van der Waals surface area contributed by atoms with E-state index >= 15 is 0 Å². The van der Waals surface area contributed by atoms with Crippen LogP contribution in [-0.4, -0.2) is 38.0 Å². The Morgan fingerprint density at radius 1 is 1.42 bits per heavy atom. The first kappa shape index (κ1) is 9.72. The fourth-order valence-electron chi connectivity index (χ4n) is 2.04. The van der Waals surface area contributed by atoms with Crippen molar-refractivity contribution in [3.8, 4) is 0 Å². The molecule has 0 aromatic carbocycles. The van der Waals surface area contributed by atoms with Gasteiger partial charge in [0.2, 0.25) is 0 Å². The number of hydrogen-bond donors (Lipinski definition) is 0. The number of ketones is 1. The second kappa shape index (κ2) is 3.56. The molecule has 0 spiro atoms. The summed E-state index contributed by atoms with van der Waals surface area (Å²) in [5.74, 6) is 1.12. The number of carbonyl (C=O) groups is 1. The van der Waals surface area contributed by atoms with Crippen molar-refractivity contribution in [2.75, 3.05) is 27.7 Å². The molecule has 0 heterocycles. The molecule has 1 aliphatic carbocycles. The number of hydrogen-bond acceptors (Lipinski definition) is 1. The Morgan fingerprint density at radius 3 is 2.58 bits per heavy atom. The minimum absolute atomic E-state index is 0.472. The topological polar surface area (TPSA) is 17.1 Å². The number of quaternary nitrogens is 1. The van der Waals surface area contributed by atoms with Crippen LogP contribution in [0.25, 0.3) is 0 Å². The summed E-state index contributed by atoms with van der Waals surface area (Å²) in [5.41, 5.74) is 0. The van der Waals surface area contributed by atoms with Crippen molar-refractivity contribution < 1.29 is 9.28 Å². The molecule has 70 valence electrons. The Balaban J connectivity index is 2.37. The number of nitrogens with zero attached hydrogens (tertiary/aromatic N) is 1. The molecule has 1 rings (SSSR count). The molecule has 12 heavy (non-hydrogen) atoms. The lowest BCUT2D eigenvalue weighted by atomic mass is 9.88. The summed E-state index contributed by atoms with van der Waals surface area (Å²) in [6.45, 7) is 1.14. The van der Waals surface area contributed by atoms with Gasteiger partial charge in [-0.3, -0.25) is 4.79 Å². The van der Waals surface area contributed by atoms with Crippen molar-refractivity contribution in [1.29, 1.82) is 0 Å². The summed E-state index contributed by atoms with van der Waals surface area (Å²) < 4.78 is 0.984. The van der Waals surface area contributed by atoms with E-state index in [0.29, 0.717) is 11.7 Å². The van der Waals surface area contributed by atoms with Gasteiger partial charge in [0.1, 0.15) is 5.78 Å². The molecule has 1 aliphatic rings. The molecule has 2 nitrogen and oxygen atoms in total. The molecule has 0 N–H and O–H groups in total. The predicted molar refractivity (Wildman–Crippen MR) is 49.9 cm³/mol. The highest BCUT2D eigenvalue weighted by Crippen LogP contribution is 2.22. The first-order chi connectivity index (χ1) is 5.47. The van der Waals surface area contributed by atoms with E-state index in [4.69, 9.17) is 0 Å². The molecule has 1 fully saturated rings. The third-order valence-corrected chi connectivity index (χ3v) is 2.39. The van der Waals surface area contributed by atoms with Crippen molar-refractivity contribution in [2.24, 2.45) is 5.92 Å². The minimum atomic E-state index is 0.472. The van der Waals surface area contributed by atoms with E-state index in [9.17, 15) is 4.79 Å². The summed E-state index contributed by atoms with van der Waals surface area (Å²) in [6, 6.07) is 0. The number of Topliss-reactive ketones (excluding diaryl/α,β-unsaturated/α-hetero) is 1. The van der Waals surface area contributed by atoms with E-state index in [1.807, 2.05) is 0 Å². The fourth-order valence-corrected chi connectivity index (χ4v) is 2.04. The van der Waals surface area contributed by atoms with Gasteiger partial charge in [0.25, 0.3) is 0 Å². The predicted octanol–water partition coefficient (Wildman–Crippen LogP) is 1.45. The van der Waals surface area contributed by atoms with Gasteiger partial charge in [-0.25, -0.2) is 0 Å². The van der Waals surface area contributed by atoms with Gasteiger partial charge in [0, 0.05) is 18.8 Å². The van der Waals surface area contributed by atoms with Gasteiger partial charge in [-0.15, -0.1) is 0 Å². The molecule has 1 atom stereocenters. The van der Waals surface area contributed by atoms with Crippen LogP contribution in [0, 0.1) is 5.92 Å². The maximum absolute atomic E-state index is 11.2. The molecular weight excluding hydrogens is 150 g/mol. The van der Waals surface area contributed by atoms with Crippen molar-refractivity contribution in [2.45, 2.75) is 25.7 Å². The van der Waals surface area contributed by atoms with Crippen LogP contribution in [-0.2, 0) is 4.79 Å². The standard InChI is InChI=1S/C10H20NO/c1-11(2,3)8-9-5-4-6-10(12)7-9/h9H,4-8H2,1-3H3/q+1. The zero-order chi connectivity index (χ0) is 9.19. The van der Waals surface area contributed by atoms with E-state index in [-0.39, 0.29) is 0 Å². The van der Waals surface area contributed by atoms with Gasteiger partial charge in [-0.2, -0.15) is 0 Å². The average molecular weight is 170 g/mol. The third-order valence-electron chi connectivity index (χ3n) is 2.39. The average Bonchev–Trinajstić information content (AvgIpc) is 1.82. The molecule has 0 radical (unpaired) electrons. The fraction of sp³-hybridized carbons (Fsp3) is 0.900. The summed E-state index contributed by atoms with van der Waals surface area (Å²) in [5, 5.41) is 0. The highest BCUT2D eigenvalue weighted by molar-refractivity contribution is 5.79. The van der Waals surface area contributed by atoms with Crippen LogP contribution < -0.4 is 0 Å². The normalized spacial score (nSPS) is 25.9. The summed E-state index contributed by atoms with van der Waals surface area (Å²) >= 11 is 0. The largest absolute Gasteiger partial charge is 0.331 e. The van der Waals surface area contributed by atoms with Gasteiger partial charge < -0.3 is 4.48 Å². The Hall–Kier alpha value is -0.370. The maximum atomic E-state index is 11.2. The molecule has 0 aromatic rings. The molecule has 1 saturated carbocycles. The number of rotatable bonds is 2. The summed E-state index contributed by atoms with van der Waals surface area (Å²) in [4.78, 5) is 11.2. The van der Waals surface area contributed by atoms with Crippen molar-refractivity contribution >= 4 is 5.78 Å². The van der Waals surface area contributed by atoms with Gasteiger partial charge in [0.05, 0.1) is 27.7 Å². The smallest absolute Gasteiger partial charge is 0.133 e. The molecule has 0 aromatic heterocycles. The second-order valence-corrected chi connectivity index (χ2v) is 4.97. The Bertz CT molecular complexity index is 169. The monoisotopic (exact) mass is 170 g/mol. The van der Waals surface area contributed by atoms with Crippen molar-refractivity contribution in [3.63, 3.8) is 0 Å². The highest BCUT2D eigenvalue weighted by Gasteiger charge is 2.24. The first-order valence-corrected chi connectivity index (χ1v) is 4.79. The molecule has 1 unspecified atom stereocenters. The van der Waals surface area contributed by atoms with E-state index in [0.717, 1.165) is 30.3 Å². The van der Waals surface area contributed by atoms with Crippen LogP contribution in [0.3, 0.4) is 0 Å². The molecule has 2 heteroatoms. The van der Waals surface area contributed by atoms with Crippen LogP contribution in [0.1, 0.15) is 25.7 Å². The van der Waals surface area contributed by atoms with Crippen LogP contribution in [0.15, 0.2) is 0 Å². The Kier molecular flexibility index (Phi) is 2.89. The third kappa shape index (κ3) is 3.35. The van der Waals surface area contributed by atoms with Crippen molar-refractivity contribution in [3.05, 3.63) is 0 Å². The minimum Gasteiger partial charge on any atom is -0.331 e. The summed E-state index contributed by atoms with van der Waals surface area (Å²) in [7, 11) is 6.58. The maximum Gasteiger partial charge on any atom is 0.133 e. The number of carbonyl (C=O) groups excluding carboxylic acids is 1. The van der Waals surface area contributed by atoms with Crippen LogP contribution in [0.4, 0.5) is 0 Å². The van der Waals surface area contributed by atoms with Crippen LogP contribution in [0.5, 0.6) is 0 Å². The van der Waals surface area contributed by atoms with Gasteiger partial charge in [-0.1, -0.05) is 0 Å². The lowest BCUT2D eigenvalue weighted by Crippen LogP contribution is -2.40. The quantitative estimate of drug-likeness (QED) is 0.573. The van der Waals surface area contributed by atoms with Gasteiger partial charge in [-0.05, 0) is 12.8 Å². The van der Waals surface area contributed by atoms with E-state index in [2.05, 4.69) is 21.1 Å². The second-order valence-electron chi connectivity index (χ2n) is 4.97. The lowest BCUT2D eigenvalue weighted by Gasteiger charge is -2.30. The van der Waals surface area contributed by atoms with E-state index in [1.165, 1.54) is 6.42 Å². The van der Waals surface area contributed by atoms with E-state index < -0.39 is 0 Å². The zero-order valence-corrected chi connectivity index (χ0v) is 8.47. The molecule has 0 bridgehead atoms. The summed E-state index contributed by atoms with van der Waals surface area (Å²) in [6.07, 6.45) is 4.02. The molecule has 0 saturated heterocycles. The van der Waals surface area contributed by atoms with Crippen LogP contribution >= 0.6 is 0 Å². The van der Waals surface area contributed by atoms with E-state index in [1.54, 1.807) is 0 Å². The van der Waals surface area contributed by atoms with Crippen molar-refractivity contribution in [1.82, 2.24) is 0 Å². The lowest BCUT2D eigenvalue weighted by molar-refractivity contribution is -0.873. The SMILES string of the molecule is C[N+](C)(C)CC1CCCC(=O)C1. The Labute approximate surface area is 75.1 Å². The van der Waals surface area contributed by atoms with Gasteiger partial charge >= 0.3 is 0 Å². The molecule has 0 aliphatic heterocycles. The zero-order valence-electron chi connectivity index (χ0n) is 8.47. The first-order valence-electron chi connectivity index (χ1n) is 4.79.